The number of hydrogen-bond acceptors (Lipinski definition) is 2. The number of H-pyrrole nitrogens is 1. The van der Waals surface area contributed by atoms with Crippen molar-refractivity contribution in [3.63, 3.8) is 0 Å². The van der Waals surface area contributed by atoms with Crippen molar-refractivity contribution in [2.75, 3.05) is 0 Å². The van der Waals surface area contributed by atoms with E-state index in [1.807, 2.05) is 12.1 Å². The Labute approximate surface area is 132 Å². The number of halogens is 2. The third-order valence-corrected chi connectivity index (χ3v) is 4.08. The van der Waals surface area contributed by atoms with Gasteiger partial charge in [0.1, 0.15) is 5.82 Å². The molecule has 0 spiro atoms. The van der Waals surface area contributed by atoms with E-state index in [-0.39, 0.29) is 5.78 Å². The molecule has 0 fully saturated rings. The first-order valence-electron chi connectivity index (χ1n) is 6.51. The molecule has 1 aromatic heterocycles. The number of benzene rings is 1. The lowest BCUT2D eigenvalue weighted by atomic mass is 9.91. The Bertz CT molecular complexity index is 715. The second-order valence-corrected chi connectivity index (χ2v) is 5.72. The topological polar surface area (TPSA) is 45.8 Å². The summed E-state index contributed by atoms with van der Waals surface area (Å²) in [6, 6.07) is 7.31. The highest BCUT2D eigenvalue weighted by Crippen LogP contribution is 2.32. The maximum Gasteiger partial charge on any atom is 0.171 e. The smallest absolute Gasteiger partial charge is 0.171 e. The number of nitrogens with zero attached hydrogens (tertiary/aromatic N) is 1. The quantitative estimate of drug-likeness (QED) is 0.845. The fourth-order valence-electron chi connectivity index (χ4n) is 2.28. The molecular formula is C16H12Cl2N2O. The van der Waals surface area contributed by atoms with Crippen LogP contribution in [0.2, 0.25) is 0 Å². The van der Waals surface area contributed by atoms with Crippen LogP contribution in [0.1, 0.15) is 16.8 Å². The van der Waals surface area contributed by atoms with E-state index in [1.165, 1.54) is 0 Å². The molecule has 2 aromatic rings. The molecular weight excluding hydrogens is 307 g/mol. The minimum Gasteiger partial charge on any atom is -0.345 e. The van der Waals surface area contributed by atoms with Crippen LogP contribution >= 0.6 is 23.2 Å². The Morgan fingerprint density at radius 3 is 2.62 bits per heavy atom. The molecule has 1 atom stereocenters. The molecule has 1 aliphatic carbocycles. The van der Waals surface area contributed by atoms with E-state index in [4.69, 9.17) is 23.2 Å². The minimum absolute atomic E-state index is 0.0199. The van der Waals surface area contributed by atoms with Crippen LogP contribution < -0.4 is 0 Å². The Kier molecular flexibility index (Phi) is 3.95. The highest BCUT2D eigenvalue weighted by molar-refractivity contribution is 6.34. The molecule has 3 nitrogen and oxygen atoms in total. The predicted octanol–water partition coefficient (Wildman–Crippen LogP) is 4.52. The first-order valence-corrected chi connectivity index (χ1v) is 7.26. The molecule has 0 saturated carbocycles. The lowest BCUT2D eigenvalue weighted by Gasteiger charge is -2.17. The number of carbonyl (C=O) groups excluding carboxylic acids is 1. The normalized spacial score (nSPS) is 18.1. The van der Waals surface area contributed by atoms with Crippen molar-refractivity contribution in [2.24, 2.45) is 5.92 Å². The van der Waals surface area contributed by atoms with Crippen LogP contribution in [0.3, 0.4) is 0 Å². The number of rotatable bonds is 3. The minimum atomic E-state index is -0.390. The van der Waals surface area contributed by atoms with Crippen LogP contribution in [0.15, 0.2) is 58.9 Å². The summed E-state index contributed by atoms with van der Waals surface area (Å²) in [6.45, 7) is 0. The molecule has 5 heteroatoms. The van der Waals surface area contributed by atoms with Crippen LogP contribution in [0.25, 0.3) is 11.4 Å². The fourth-order valence-corrected chi connectivity index (χ4v) is 2.74. The van der Waals surface area contributed by atoms with Gasteiger partial charge in [-0.15, -0.1) is 0 Å². The maximum atomic E-state index is 12.5. The van der Waals surface area contributed by atoms with Gasteiger partial charge in [0.25, 0.3) is 0 Å². The predicted molar refractivity (Wildman–Crippen MR) is 84.3 cm³/mol. The summed E-state index contributed by atoms with van der Waals surface area (Å²) in [5, 5.41) is 1.17. The number of carbonyl (C=O) groups is 1. The third-order valence-electron chi connectivity index (χ3n) is 3.41. The molecule has 0 radical (unpaired) electrons. The number of aromatic amines is 1. The molecule has 0 amide bonds. The van der Waals surface area contributed by atoms with Gasteiger partial charge in [0.2, 0.25) is 0 Å². The number of aromatic nitrogens is 2. The van der Waals surface area contributed by atoms with Gasteiger partial charge in [-0.3, -0.25) is 4.79 Å². The van der Waals surface area contributed by atoms with Crippen molar-refractivity contribution in [3.8, 4) is 11.4 Å². The highest BCUT2D eigenvalue weighted by atomic mass is 35.5. The zero-order valence-electron chi connectivity index (χ0n) is 11.0. The SMILES string of the molecule is O=C(c1ccc(-c2ncc[nH]2)cc1)C1CC(Cl)=CC=C1Cl. The summed E-state index contributed by atoms with van der Waals surface area (Å²) in [7, 11) is 0. The zero-order chi connectivity index (χ0) is 14.8. The Hall–Kier alpha value is -1.84. The van der Waals surface area contributed by atoms with Crippen LogP contribution in [-0.4, -0.2) is 15.8 Å². The Balaban J connectivity index is 1.83. The van der Waals surface area contributed by atoms with Crippen LogP contribution in [0, 0.1) is 5.92 Å². The summed E-state index contributed by atoms with van der Waals surface area (Å²) in [4.78, 5) is 19.7. The number of Topliss-reactive ketones (excluding diaryl/α,β-unsaturated/α-hetero) is 1. The molecule has 1 heterocycles. The second-order valence-electron chi connectivity index (χ2n) is 4.80. The van der Waals surface area contributed by atoms with Gasteiger partial charge in [0, 0.05) is 33.6 Å². The van der Waals surface area contributed by atoms with Gasteiger partial charge in [-0.25, -0.2) is 4.98 Å². The summed E-state index contributed by atoms with van der Waals surface area (Å²) in [5.74, 6) is 0.364. The summed E-state index contributed by atoms with van der Waals surface area (Å²) in [6.07, 6.45) is 7.32. The zero-order valence-corrected chi connectivity index (χ0v) is 12.5. The summed E-state index contributed by atoms with van der Waals surface area (Å²) in [5.41, 5.74) is 1.55. The first-order chi connectivity index (χ1) is 10.1. The van der Waals surface area contributed by atoms with E-state index >= 15 is 0 Å². The molecule has 1 aromatic carbocycles. The van der Waals surface area contributed by atoms with Gasteiger partial charge in [0.05, 0.1) is 5.92 Å². The van der Waals surface area contributed by atoms with Gasteiger partial charge in [-0.05, 0) is 18.6 Å². The van der Waals surface area contributed by atoms with E-state index in [0.29, 0.717) is 22.0 Å². The third kappa shape index (κ3) is 2.94. The van der Waals surface area contributed by atoms with Crippen LogP contribution in [0.5, 0.6) is 0 Å². The Morgan fingerprint density at radius 2 is 1.95 bits per heavy atom. The standard InChI is InChI=1S/C16H12Cl2N2O/c17-12-5-6-14(18)13(9-12)15(21)10-1-3-11(4-2-10)16-19-7-8-20-16/h1-8,13H,9H2,(H,19,20). The number of hydrogen-bond donors (Lipinski definition) is 1. The molecule has 1 N–H and O–H groups in total. The number of imidazole rings is 1. The lowest BCUT2D eigenvalue weighted by Crippen LogP contribution is -2.17. The Morgan fingerprint density at radius 1 is 1.19 bits per heavy atom. The molecule has 0 bridgehead atoms. The van der Waals surface area contributed by atoms with E-state index in [2.05, 4.69) is 9.97 Å². The molecule has 0 aliphatic heterocycles. The van der Waals surface area contributed by atoms with E-state index in [1.54, 1.807) is 36.7 Å². The average Bonchev–Trinajstić information content (AvgIpc) is 3.03. The van der Waals surface area contributed by atoms with Gasteiger partial charge >= 0.3 is 0 Å². The maximum absolute atomic E-state index is 12.5. The van der Waals surface area contributed by atoms with Gasteiger partial charge in [-0.1, -0.05) is 47.5 Å². The van der Waals surface area contributed by atoms with Crippen molar-refractivity contribution >= 4 is 29.0 Å². The van der Waals surface area contributed by atoms with E-state index in [0.717, 1.165) is 11.4 Å². The molecule has 0 saturated heterocycles. The summed E-state index contributed by atoms with van der Waals surface area (Å²) < 4.78 is 0. The molecule has 21 heavy (non-hydrogen) atoms. The van der Waals surface area contributed by atoms with Crippen molar-refractivity contribution in [1.82, 2.24) is 9.97 Å². The molecule has 106 valence electrons. The molecule has 1 aliphatic rings. The van der Waals surface area contributed by atoms with Gasteiger partial charge < -0.3 is 4.98 Å². The van der Waals surface area contributed by atoms with Gasteiger partial charge in [0.15, 0.2) is 5.78 Å². The van der Waals surface area contributed by atoms with Crippen molar-refractivity contribution < 1.29 is 4.79 Å². The molecule has 1 unspecified atom stereocenters. The van der Waals surface area contributed by atoms with Crippen molar-refractivity contribution in [3.05, 3.63) is 64.4 Å². The largest absolute Gasteiger partial charge is 0.345 e. The lowest BCUT2D eigenvalue weighted by molar-refractivity contribution is 0.0943. The number of nitrogens with one attached hydrogen (secondary N) is 1. The first kappa shape index (κ1) is 14.1. The number of allylic oxidation sites excluding steroid dienone is 4. The monoisotopic (exact) mass is 318 g/mol. The van der Waals surface area contributed by atoms with Gasteiger partial charge in [-0.2, -0.15) is 0 Å². The van der Waals surface area contributed by atoms with Crippen molar-refractivity contribution in [1.29, 1.82) is 0 Å². The van der Waals surface area contributed by atoms with Crippen LogP contribution in [-0.2, 0) is 0 Å². The summed E-state index contributed by atoms with van der Waals surface area (Å²) >= 11 is 12.1. The van der Waals surface area contributed by atoms with E-state index < -0.39 is 5.92 Å². The van der Waals surface area contributed by atoms with Crippen LogP contribution in [0.4, 0.5) is 0 Å². The fraction of sp³-hybridized carbons (Fsp3) is 0.125. The second kappa shape index (κ2) is 5.88. The molecule has 3 rings (SSSR count). The van der Waals surface area contributed by atoms with E-state index in [9.17, 15) is 4.79 Å². The highest BCUT2D eigenvalue weighted by Gasteiger charge is 2.25. The number of ketones is 1. The van der Waals surface area contributed by atoms with Crippen molar-refractivity contribution in [2.45, 2.75) is 6.42 Å². The average molecular weight is 319 g/mol.